The van der Waals surface area contributed by atoms with E-state index in [2.05, 4.69) is 0 Å². The largest absolute Gasteiger partial charge is 0.393 e. The highest BCUT2D eigenvalue weighted by molar-refractivity contribution is 5.30. The van der Waals surface area contributed by atoms with Crippen molar-refractivity contribution in [2.45, 2.75) is 46.2 Å². The fourth-order valence-electron chi connectivity index (χ4n) is 1.47. The van der Waals surface area contributed by atoms with Crippen molar-refractivity contribution in [2.24, 2.45) is 0 Å². The number of halogens is 3. The van der Waals surface area contributed by atoms with Gasteiger partial charge in [-0.3, -0.25) is 0 Å². The van der Waals surface area contributed by atoms with Crippen LogP contribution in [-0.4, -0.2) is 6.18 Å². The van der Waals surface area contributed by atoms with Crippen molar-refractivity contribution < 1.29 is 13.2 Å². The first kappa shape index (κ1) is 15.0. The van der Waals surface area contributed by atoms with Crippen LogP contribution in [0.2, 0.25) is 0 Å². The molecule has 0 unspecified atom stereocenters. The molecule has 0 saturated carbocycles. The molecule has 0 aliphatic carbocycles. The van der Waals surface area contributed by atoms with E-state index in [1.54, 1.807) is 24.3 Å². The van der Waals surface area contributed by atoms with Crippen LogP contribution in [0.3, 0.4) is 0 Å². The van der Waals surface area contributed by atoms with Crippen LogP contribution in [0.5, 0.6) is 0 Å². The minimum atomic E-state index is -4.12. The van der Waals surface area contributed by atoms with Crippen LogP contribution in [0.25, 0.3) is 0 Å². The van der Waals surface area contributed by atoms with Crippen molar-refractivity contribution >= 4 is 0 Å². The topological polar surface area (TPSA) is 0 Å². The third-order valence-electron chi connectivity index (χ3n) is 2.07. The normalized spacial score (nSPS) is 11.0. The van der Waals surface area contributed by atoms with Crippen molar-refractivity contribution in [3.8, 4) is 0 Å². The van der Waals surface area contributed by atoms with Crippen molar-refractivity contribution in [1.82, 2.24) is 0 Å². The van der Waals surface area contributed by atoms with E-state index in [1.165, 1.54) is 0 Å². The summed E-state index contributed by atoms with van der Waals surface area (Å²) < 4.78 is 36.6. The summed E-state index contributed by atoms with van der Waals surface area (Å²) >= 11 is 0. The molecule has 1 aromatic carbocycles. The average Bonchev–Trinajstić information content (AvgIpc) is 2.19. The second kappa shape index (κ2) is 6.56. The molecule has 0 fully saturated rings. The lowest BCUT2D eigenvalue weighted by atomic mass is 9.95. The van der Waals surface area contributed by atoms with Crippen molar-refractivity contribution in [1.29, 1.82) is 0 Å². The maximum atomic E-state index is 12.2. The van der Waals surface area contributed by atoms with Gasteiger partial charge in [0.05, 0.1) is 6.42 Å². The van der Waals surface area contributed by atoms with Gasteiger partial charge in [-0.2, -0.15) is 13.2 Å². The van der Waals surface area contributed by atoms with E-state index in [1.807, 2.05) is 27.7 Å². The lowest BCUT2D eigenvalue weighted by Crippen LogP contribution is -2.13. The van der Waals surface area contributed by atoms with E-state index >= 15 is 0 Å². The predicted octanol–water partition coefficient (Wildman–Crippen LogP) is 4.94. The van der Waals surface area contributed by atoms with Gasteiger partial charge >= 0.3 is 6.18 Å². The molecule has 0 radical (unpaired) electrons. The van der Waals surface area contributed by atoms with E-state index in [4.69, 9.17) is 0 Å². The monoisotopic (exact) mass is 232 g/mol. The van der Waals surface area contributed by atoms with Gasteiger partial charge < -0.3 is 0 Å². The van der Waals surface area contributed by atoms with Crippen LogP contribution in [0.4, 0.5) is 13.2 Å². The molecule has 1 rings (SSSR count). The van der Waals surface area contributed by atoms with Crippen LogP contribution < -0.4 is 0 Å². The standard InChI is InChI=1S/C11H13F3.C2H6/c1-8(2)10-6-4-3-5-9(10)7-11(12,13)14;1-2/h3-6,8H,7H2,1-2H3;1-2H3. The molecule has 0 aliphatic heterocycles. The summed E-state index contributed by atoms with van der Waals surface area (Å²) in [4.78, 5) is 0. The van der Waals surface area contributed by atoms with Gasteiger partial charge in [0, 0.05) is 0 Å². The van der Waals surface area contributed by atoms with Gasteiger partial charge in [-0.15, -0.1) is 0 Å². The number of alkyl halides is 3. The fourth-order valence-corrected chi connectivity index (χ4v) is 1.47. The van der Waals surface area contributed by atoms with Gasteiger partial charge in [-0.25, -0.2) is 0 Å². The van der Waals surface area contributed by atoms with E-state index in [0.717, 1.165) is 5.56 Å². The summed E-state index contributed by atoms with van der Waals surface area (Å²) in [6.07, 6.45) is -4.95. The highest BCUT2D eigenvalue weighted by atomic mass is 19.4. The lowest BCUT2D eigenvalue weighted by molar-refractivity contribution is -0.127. The van der Waals surface area contributed by atoms with E-state index < -0.39 is 12.6 Å². The second-order valence-electron chi connectivity index (χ2n) is 3.65. The summed E-state index contributed by atoms with van der Waals surface area (Å²) in [5.41, 5.74) is 1.17. The number of rotatable bonds is 2. The molecule has 0 aromatic heterocycles. The molecule has 0 spiro atoms. The number of hydrogen-bond donors (Lipinski definition) is 0. The SMILES string of the molecule is CC.CC(C)c1ccccc1CC(F)(F)F. The summed E-state index contributed by atoms with van der Waals surface area (Å²) in [5.74, 6) is 0.133. The first-order chi connectivity index (χ1) is 7.40. The Morgan fingerprint density at radius 1 is 1.06 bits per heavy atom. The van der Waals surface area contributed by atoms with E-state index in [9.17, 15) is 13.2 Å². The van der Waals surface area contributed by atoms with Crippen LogP contribution >= 0.6 is 0 Å². The Kier molecular flexibility index (Phi) is 6.16. The molecule has 0 heterocycles. The summed E-state index contributed by atoms with van der Waals surface area (Å²) in [6.45, 7) is 7.80. The van der Waals surface area contributed by atoms with Crippen molar-refractivity contribution in [2.75, 3.05) is 0 Å². The lowest BCUT2D eigenvalue weighted by Gasteiger charge is -2.13. The smallest absolute Gasteiger partial charge is 0.171 e. The van der Waals surface area contributed by atoms with Crippen LogP contribution in [0.15, 0.2) is 24.3 Å². The molecule has 0 amide bonds. The third kappa shape index (κ3) is 5.19. The van der Waals surface area contributed by atoms with E-state index in [-0.39, 0.29) is 5.92 Å². The Hall–Kier alpha value is -0.990. The molecule has 16 heavy (non-hydrogen) atoms. The van der Waals surface area contributed by atoms with Crippen molar-refractivity contribution in [3.05, 3.63) is 35.4 Å². The Morgan fingerprint density at radius 2 is 1.56 bits per heavy atom. The first-order valence-electron chi connectivity index (χ1n) is 5.54. The molecular weight excluding hydrogens is 213 g/mol. The molecule has 0 aliphatic rings. The van der Waals surface area contributed by atoms with Gasteiger partial charge in [0.1, 0.15) is 0 Å². The zero-order valence-corrected chi connectivity index (χ0v) is 10.2. The second-order valence-corrected chi connectivity index (χ2v) is 3.65. The molecule has 0 saturated heterocycles. The summed E-state index contributed by atoms with van der Waals surface area (Å²) in [7, 11) is 0. The minimum absolute atomic E-state index is 0.133. The van der Waals surface area contributed by atoms with E-state index in [0.29, 0.717) is 5.56 Å². The average molecular weight is 232 g/mol. The molecule has 1 aromatic rings. The summed E-state index contributed by atoms with van der Waals surface area (Å²) in [5, 5.41) is 0. The van der Waals surface area contributed by atoms with Crippen LogP contribution in [0, 0.1) is 0 Å². The molecule has 3 heteroatoms. The van der Waals surface area contributed by atoms with Crippen molar-refractivity contribution in [3.63, 3.8) is 0 Å². The molecule has 92 valence electrons. The third-order valence-corrected chi connectivity index (χ3v) is 2.07. The Labute approximate surface area is 95.5 Å². The first-order valence-corrected chi connectivity index (χ1v) is 5.54. The quantitative estimate of drug-likeness (QED) is 0.677. The fraction of sp³-hybridized carbons (Fsp3) is 0.538. The van der Waals surface area contributed by atoms with Gasteiger partial charge in [0.25, 0.3) is 0 Å². The maximum Gasteiger partial charge on any atom is 0.393 e. The summed E-state index contributed by atoms with van der Waals surface area (Å²) in [6, 6.07) is 6.72. The van der Waals surface area contributed by atoms with Crippen LogP contribution in [0.1, 0.15) is 44.7 Å². The van der Waals surface area contributed by atoms with Gasteiger partial charge in [-0.1, -0.05) is 52.0 Å². The molecule has 0 bridgehead atoms. The highest BCUT2D eigenvalue weighted by Gasteiger charge is 2.28. The zero-order valence-electron chi connectivity index (χ0n) is 10.2. The Balaban J connectivity index is 0.00000106. The number of hydrogen-bond acceptors (Lipinski definition) is 0. The molecule has 0 nitrogen and oxygen atoms in total. The predicted molar refractivity (Wildman–Crippen MR) is 61.6 cm³/mol. The van der Waals surface area contributed by atoms with Gasteiger partial charge in [0.15, 0.2) is 0 Å². The minimum Gasteiger partial charge on any atom is -0.171 e. The maximum absolute atomic E-state index is 12.2. The van der Waals surface area contributed by atoms with Gasteiger partial charge in [-0.05, 0) is 17.0 Å². The molecular formula is C13H19F3. The zero-order chi connectivity index (χ0) is 12.8. The van der Waals surface area contributed by atoms with Gasteiger partial charge in [0.2, 0.25) is 0 Å². The van der Waals surface area contributed by atoms with Crippen LogP contribution in [-0.2, 0) is 6.42 Å². The Morgan fingerprint density at radius 3 is 2.00 bits per heavy atom. The number of benzene rings is 1. The molecule has 0 N–H and O–H groups in total. The highest BCUT2D eigenvalue weighted by Crippen LogP contribution is 2.26. The Bertz CT molecular complexity index is 300. The molecule has 0 atom stereocenters.